The quantitative estimate of drug-likeness (QED) is 0.533. The van der Waals surface area contributed by atoms with Gasteiger partial charge in [-0.05, 0) is 12.8 Å². The number of amides is 2. The van der Waals surface area contributed by atoms with Crippen LogP contribution in [0.15, 0.2) is 0 Å². The third kappa shape index (κ3) is 1.89. The van der Waals surface area contributed by atoms with Gasteiger partial charge in [-0.3, -0.25) is 0 Å². The van der Waals surface area contributed by atoms with Crippen LogP contribution in [0, 0.1) is 0 Å². The third-order valence-corrected chi connectivity index (χ3v) is 1.18. The molecule has 2 N–H and O–H groups in total. The Morgan fingerprint density at radius 1 is 1.78 bits per heavy atom. The predicted octanol–water partition coefficient (Wildman–Crippen LogP) is -0.194. The van der Waals surface area contributed by atoms with Gasteiger partial charge in [0.05, 0.1) is 0 Å². The summed E-state index contributed by atoms with van der Waals surface area (Å²) in [5.41, 5.74) is 4.79. The lowest BCUT2D eigenvalue weighted by molar-refractivity contribution is 0.0896. The maximum Gasteiger partial charge on any atom is 0.336 e. The van der Waals surface area contributed by atoms with Crippen molar-refractivity contribution in [3.8, 4) is 0 Å². The second kappa shape index (κ2) is 2.68. The lowest BCUT2D eigenvalue weighted by Gasteiger charge is -2.04. The van der Waals surface area contributed by atoms with Gasteiger partial charge >= 0.3 is 6.03 Å². The summed E-state index contributed by atoms with van der Waals surface area (Å²) < 4.78 is 5.00. The van der Waals surface area contributed by atoms with Crippen molar-refractivity contribution in [1.29, 1.82) is 0 Å². The number of carbonyl (C=O) groups is 1. The number of carbonyl (C=O) groups excluding carboxylic acids is 1. The van der Waals surface area contributed by atoms with Crippen molar-refractivity contribution in [2.45, 2.75) is 19.1 Å². The van der Waals surface area contributed by atoms with Crippen molar-refractivity contribution in [1.82, 2.24) is 5.32 Å². The predicted molar refractivity (Wildman–Crippen MR) is 30.7 cm³/mol. The van der Waals surface area contributed by atoms with Gasteiger partial charge in [-0.25, -0.2) is 10.1 Å². The molecule has 1 fully saturated rings. The average Bonchev–Trinajstić information content (AvgIpc) is 2.15. The van der Waals surface area contributed by atoms with E-state index in [0.29, 0.717) is 6.61 Å². The Labute approximate surface area is 53.4 Å². The summed E-state index contributed by atoms with van der Waals surface area (Å²) in [4.78, 5) is 10.1. The average molecular weight is 129 g/mol. The fourth-order valence-electron chi connectivity index (χ4n) is 0.804. The summed E-state index contributed by atoms with van der Waals surface area (Å²) in [6, 6.07) is -0.637. The lowest BCUT2D eigenvalue weighted by Crippen LogP contribution is -2.31. The van der Waals surface area contributed by atoms with Gasteiger partial charge in [0.15, 0.2) is 6.23 Å². The van der Waals surface area contributed by atoms with E-state index in [4.69, 9.17) is 10.5 Å². The molecule has 4 heteroatoms. The number of primary amides is 1. The molecule has 0 saturated carbocycles. The van der Waals surface area contributed by atoms with Crippen LogP contribution in [0.25, 0.3) is 0 Å². The number of rotatable bonds is 1. The minimum atomic E-state index is -0.637. The molecule has 0 aromatic heterocycles. The highest BCUT2D eigenvalue weighted by atomic mass is 16.5. The van der Waals surface area contributed by atoms with Gasteiger partial charge < -0.3 is 10.5 Å². The third-order valence-electron chi connectivity index (χ3n) is 1.18. The molecule has 1 heterocycles. The van der Waals surface area contributed by atoms with Gasteiger partial charge in [-0.15, -0.1) is 0 Å². The topological polar surface area (TPSA) is 66.4 Å². The summed E-state index contributed by atoms with van der Waals surface area (Å²) in [7, 11) is 0. The molecular formula is C5H9N2O2. The fourth-order valence-corrected chi connectivity index (χ4v) is 0.804. The van der Waals surface area contributed by atoms with Crippen molar-refractivity contribution >= 4 is 6.03 Å². The molecule has 1 radical (unpaired) electrons. The van der Waals surface area contributed by atoms with E-state index in [0.717, 1.165) is 12.8 Å². The molecule has 1 unspecified atom stereocenters. The first-order chi connectivity index (χ1) is 4.29. The van der Waals surface area contributed by atoms with E-state index in [-0.39, 0.29) is 6.23 Å². The number of urea groups is 1. The van der Waals surface area contributed by atoms with E-state index in [1.807, 2.05) is 0 Å². The van der Waals surface area contributed by atoms with Crippen LogP contribution in [0.1, 0.15) is 12.8 Å². The van der Waals surface area contributed by atoms with E-state index >= 15 is 0 Å². The van der Waals surface area contributed by atoms with Crippen LogP contribution in [0.2, 0.25) is 0 Å². The number of nitrogens with two attached hydrogens (primary N) is 1. The summed E-state index contributed by atoms with van der Waals surface area (Å²) >= 11 is 0. The molecule has 1 saturated heterocycles. The standard InChI is InChI=1S/C5H9N2O2/c6-5(8)7-4-2-1-3-9-4/h4H,1-3H2,(H2,6,8). The van der Waals surface area contributed by atoms with Crippen molar-refractivity contribution in [2.75, 3.05) is 6.61 Å². The molecule has 4 nitrogen and oxygen atoms in total. The van der Waals surface area contributed by atoms with Crippen LogP contribution >= 0.6 is 0 Å². The summed E-state index contributed by atoms with van der Waals surface area (Å²) in [6.45, 7) is 0.696. The van der Waals surface area contributed by atoms with Crippen LogP contribution in [0.4, 0.5) is 4.79 Å². The summed E-state index contributed by atoms with van der Waals surface area (Å²) in [5.74, 6) is 0. The summed E-state index contributed by atoms with van der Waals surface area (Å²) in [5, 5.41) is 3.49. The molecule has 1 aliphatic rings. The summed E-state index contributed by atoms with van der Waals surface area (Å²) in [6.07, 6.45) is 1.53. The highest BCUT2D eigenvalue weighted by Gasteiger charge is 2.17. The molecule has 2 amide bonds. The second-order valence-corrected chi connectivity index (χ2v) is 1.94. The van der Waals surface area contributed by atoms with Gasteiger partial charge in [0.1, 0.15) is 0 Å². The maximum atomic E-state index is 10.1. The molecule has 1 rings (SSSR count). The molecule has 0 aromatic carbocycles. The molecule has 1 aliphatic heterocycles. The van der Waals surface area contributed by atoms with E-state index in [1.165, 1.54) is 0 Å². The van der Waals surface area contributed by atoms with Crippen molar-refractivity contribution in [3.63, 3.8) is 0 Å². The van der Waals surface area contributed by atoms with Crippen molar-refractivity contribution < 1.29 is 9.53 Å². The Hall–Kier alpha value is -0.770. The van der Waals surface area contributed by atoms with Gasteiger partial charge in [-0.1, -0.05) is 0 Å². The van der Waals surface area contributed by atoms with Crippen molar-refractivity contribution in [3.05, 3.63) is 0 Å². The van der Waals surface area contributed by atoms with E-state index in [2.05, 4.69) is 5.32 Å². The SMILES string of the molecule is NC(=O)[N]C1CCCO1. The van der Waals surface area contributed by atoms with Gasteiger partial charge in [-0.2, -0.15) is 0 Å². The van der Waals surface area contributed by atoms with E-state index in [9.17, 15) is 4.79 Å². The smallest absolute Gasteiger partial charge is 0.336 e. The van der Waals surface area contributed by atoms with Gasteiger partial charge in [0.25, 0.3) is 0 Å². The monoisotopic (exact) mass is 129 g/mol. The second-order valence-electron chi connectivity index (χ2n) is 1.94. The van der Waals surface area contributed by atoms with Crippen LogP contribution in [-0.4, -0.2) is 18.9 Å². The molecule has 0 spiro atoms. The largest absolute Gasteiger partial charge is 0.356 e. The molecule has 1 atom stereocenters. The molecule has 0 aromatic rings. The molecule has 0 bridgehead atoms. The first-order valence-corrected chi connectivity index (χ1v) is 2.91. The highest BCUT2D eigenvalue weighted by Crippen LogP contribution is 2.09. The minimum Gasteiger partial charge on any atom is -0.356 e. The molecular weight excluding hydrogens is 120 g/mol. The number of hydrogen-bond donors (Lipinski definition) is 1. The van der Waals surface area contributed by atoms with E-state index < -0.39 is 6.03 Å². The molecule has 0 aliphatic carbocycles. The van der Waals surface area contributed by atoms with Gasteiger partial charge in [0.2, 0.25) is 0 Å². The Morgan fingerprint density at radius 3 is 3.00 bits per heavy atom. The number of hydrogen-bond acceptors (Lipinski definition) is 2. The normalized spacial score (nSPS) is 26.0. The zero-order chi connectivity index (χ0) is 6.69. The van der Waals surface area contributed by atoms with E-state index in [1.54, 1.807) is 0 Å². The zero-order valence-corrected chi connectivity index (χ0v) is 5.04. The molecule has 51 valence electrons. The van der Waals surface area contributed by atoms with Gasteiger partial charge in [0, 0.05) is 6.61 Å². The first-order valence-electron chi connectivity index (χ1n) is 2.91. The number of nitrogens with zero attached hydrogens (tertiary/aromatic N) is 1. The van der Waals surface area contributed by atoms with Crippen molar-refractivity contribution in [2.24, 2.45) is 5.73 Å². The highest BCUT2D eigenvalue weighted by molar-refractivity contribution is 5.71. The first kappa shape index (κ1) is 6.35. The maximum absolute atomic E-state index is 10.1. The Balaban J connectivity index is 2.19. The van der Waals surface area contributed by atoms with Crippen LogP contribution in [-0.2, 0) is 4.74 Å². The molecule has 9 heavy (non-hydrogen) atoms. The number of ether oxygens (including phenoxy) is 1. The Bertz CT molecular complexity index is 110. The lowest BCUT2D eigenvalue weighted by atomic mass is 10.3. The van der Waals surface area contributed by atoms with Crippen LogP contribution in [0.3, 0.4) is 0 Å². The Kier molecular flexibility index (Phi) is 1.89. The van der Waals surface area contributed by atoms with Crippen LogP contribution < -0.4 is 11.1 Å². The fraction of sp³-hybridized carbons (Fsp3) is 0.800. The van der Waals surface area contributed by atoms with Crippen LogP contribution in [0.5, 0.6) is 0 Å². The minimum absolute atomic E-state index is 0.262. The zero-order valence-electron chi connectivity index (χ0n) is 5.04. The Morgan fingerprint density at radius 2 is 2.56 bits per heavy atom.